The molecule has 0 radical (unpaired) electrons. The van der Waals surface area contributed by atoms with Gasteiger partial charge in [-0.2, -0.15) is 0 Å². The molecule has 0 saturated heterocycles. The highest BCUT2D eigenvalue weighted by atomic mass is 32.1. The Morgan fingerprint density at radius 3 is 2.68 bits per heavy atom. The minimum absolute atomic E-state index is 0.119. The van der Waals surface area contributed by atoms with Gasteiger partial charge in [-0.25, -0.2) is 4.98 Å². The maximum absolute atomic E-state index is 12.5. The van der Waals surface area contributed by atoms with Crippen molar-refractivity contribution in [3.05, 3.63) is 59.2 Å². The van der Waals surface area contributed by atoms with Crippen molar-refractivity contribution in [3.8, 4) is 0 Å². The standard InChI is InChI=1S/C22H24N6O2S/c29-20(16-6-2-1-3-7-16)26-18-8-4-5-15(11-18)12-23-19-10-9-17(13-24-19)21(30)27-22-28-25-14-31-22/h4-5,8-11,13-14,16H,1-3,6-7,12H2,(H,23,24)(H,26,29)(H,27,28,30). The number of amides is 2. The fourth-order valence-electron chi connectivity index (χ4n) is 3.59. The van der Waals surface area contributed by atoms with E-state index in [1.165, 1.54) is 24.0 Å². The number of benzene rings is 1. The molecule has 160 valence electrons. The number of aromatic nitrogens is 3. The molecule has 2 aromatic heterocycles. The van der Waals surface area contributed by atoms with E-state index < -0.39 is 0 Å². The summed E-state index contributed by atoms with van der Waals surface area (Å²) in [7, 11) is 0. The molecule has 8 nitrogen and oxygen atoms in total. The van der Waals surface area contributed by atoms with Crippen LogP contribution in [-0.4, -0.2) is 27.0 Å². The van der Waals surface area contributed by atoms with Gasteiger partial charge in [-0.05, 0) is 42.7 Å². The molecule has 9 heteroatoms. The Kier molecular flexibility index (Phi) is 6.83. The number of nitrogens with one attached hydrogen (secondary N) is 3. The van der Waals surface area contributed by atoms with Crippen LogP contribution < -0.4 is 16.0 Å². The first-order valence-electron chi connectivity index (χ1n) is 10.3. The number of hydrogen-bond donors (Lipinski definition) is 3. The van der Waals surface area contributed by atoms with E-state index in [4.69, 9.17) is 0 Å². The van der Waals surface area contributed by atoms with Crippen LogP contribution in [0.4, 0.5) is 16.6 Å². The number of rotatable bonds is 7. The SMILES string of the molecule is O=C(Nc1nncs1)c1ccc(NCc2cccc(NC(=O)C3CCCCC3)c2)nc1. The molecule has 1 aliphatic rings. The quantitative estimate of drug-likeness (QED) is 0.509. The molecular weight excluding hydrogens is 412 g/mol. The Morgan fingerprint density at radius 1 is 1.06 bits per heavy atom. The molecule has 0 unspecified atom stereocenters. The van der Waals surface area contributed by atoms with Gasteiger partial charge in [0.1, 0.15) is 11.3 Å². The van der Waals surface area contributed by atoms with Crippen LogP contribution in [0.15, 0.2) is 48.1 Å². The predicted molar refractivity (Wildman–Crippen MR) is 121 cm³/mol. The van der Waals surface area contributed by atoms with E-state index >= 15 is 0 Å². The third-order valence-corrected chi connectivity index (χ3v) is 5.86. The molecule has 2 heterocycles. The summed E-state index contributed by atoms with van der Waals surface area (Å²) in [5.74, 6) is 0.623. The van der Waals surface area contributed by atoms with Gasteiger partial charge in [0.25, 0.3) is 5.91 Å². The highest BCUT2D eigenvalue weighted by molar-refractivity contribution is 7.13. The Hall–Kier alpha value is -3.33. The van der Waals surface area contributed by atoms with Crippen molar-refractivity contribution in [1.29, 1.82) is 0 Å². The van der Waals surface area contributed by atoms with Crippen LogP contribution in [0.2, 0.25) is 0 Å². The summed E-state index contributed by atoms with van der Waals surface area (Å²) >= 11 is 1.25. The van der Waals surface area contributed by atoms with Crippen molar-refractivity contribution >= 4 is 39.8 Å². The summed E-state index contributed by atoms with van der Waals surface area (Å²) in [5.41, 5.74) is 3.83. The topological polar surface area (TPSA) is 109 Å². The van der Waals surface area contributed by atoms with Gasteiger partial charge in [0, 0.05) is 24.3 Å². The van der Waals surface area contributed by atoms with Crippen molar-refractivity contribution < 1.29 is 9.59 Å². The fourth-order valence-corrected chi connectivity index (χ4v) is 4.03. The zero-order chi connectivity index (χ0) is 21.5. The average molecular weight is 437 g/mol. The highest BCUT2D eigenvalue weighted by Gasteiger charge is 2.21. The Morgan fingerprint density at radius 2 is 1.94 bits per heavy atom. The number of carbonyl (C=O) groups excluding carboxylic acids is 2. The maximum Gasteiger partial charge on any atom is 0.259 e. The normalized spacial score (nSPS) is 14.1. The number of anilines is 3. The minimum Gasteiger partial charge on any atom is -0.366 e. The van der Waals surface area contributed by atoms with E-state index in [1.54, 1.807) is 17.6 Å². The maximum atomic E-state index is 12.5. The van der Waals surface area contributed by atoms with Crippen molar-refractivity contribution in [2.45, 2.75) is 38.6 Å². The highest BCUT2D eigenvalue weighted by Crippen LogP contribution is 2.25. The van der Waals surface area contributed by atoms with Crippen LogP contribution >= 0.6 is 11.3 Å². The number of nitrogens with zero attached hydrogens (tertiary/aromatic N) is 3. The van der Waals surface area contributed by atoms with Crippen molar-refractivity contribution in [1.82, 2.24) is 15.2 Å². The lowest BCUT2D eigenvalue weighted by atomic mass is 9.88. The summed E-state index contributed by atoms with van der Waals surface area (Å²) in [6.07, 6.45) is 6.98. The van der Waals surface area contributed by atoms with E-state index in [9.17, 15) is 9.59 Å². The van der Waals surface area contributed by atoms with Crippen molar-refractivity contribution in [2.24, 2.45) is 5.92 Å². The lowest BCUT2D eigenvalue weighted by Gasteiger charge is -2.20. The van der Waals surface area contributed by atoms with Gasteiger partial charge in [-0.15, -0.1) is 10.2 Å². The first-order valence-corrected chi connectivity index (χ1v) is 11.2. The molecule has 0 bridgehead atoms. The van der Waals surface area contributed by atoms with Gasteiger partial charge in [0.15, 0.2) is 0 Å². The smallest absolute Gasteiger partial charge is 0.259 e. The molecule has 1 saturated carbocycles. The van der Waals surface area contributed by atoms with Crippen LogP contribution in [0.5, 0.6) is 0 Å². The van der Waals surface area contributed by atoms with Crippen LogP contribution in [-0.2, 0) is 11.3 Å². The Labute approximate surface area is 184 Å². The average Bonchev–Trinajstić information content (AvgIpc) is 3.32. The van der Waals surface area contributed by atoms with Gasteiger partial charge >= 0.3 is 0 Å². The van der Waals surface area contributed by atoms with E-state index in [0.717, 1.165) is 36.9 Å². The van der Waals surface area contributed by atoms with Crippen molar-refractivity contribution in [2.75, 3.05) is 16.0 Å². The molecule has 1 aliphatic carbocycles. The molecule has 4 rings (SSSR count). The summed E-state index contributed by atoms with van der Waals surface area (Å²) in [6.45, 7) is 0.552. The van der Waals surface area contributed by atoms with Crippen molar-refractivity contribution in [3.63, 3.8) is 0 Å². The summed E-state index contributed by atoms with van der Waals surface area (Å²) < 4.78 is 0. The molecule has 3 N–H and O–H groups in total. The molecule has 3 aromatic rings. The second kappa shape index (κ2) is 10.1. The zero-order valence-corrected chi connectivity index (χ0v) is 17.8. The molecule has 1 fully saturated rings. The Bertz CT molecular complexity index is 1020. The molecule has 0 atom stereocenters. The van der Waals surface area contributed by atoms with Crippen LogP contribution in [0.1, 0.15) is 48.0 Å². The zero-order valence-electron chi connectivity index (χ0n) is 17.0. The van der Waals surface area contributed by atoms with Crippen LogP contribution in [0.25, 0.3) is 0 Å². The van der Waals surface area contributed by atoms with Gasteiger partial charge < -0.3 is 10.6 Å². The third kappa shape index (κ3) is 5.85. The van der Waals surface area contributed by atoms with Gasteiger partial charge in [0.2, 0.25) is 11.0 Å². The summed E-state index contributed by atoms with van der Waals surface area (Å²) in [5, 5.41) is 16.9. The van der Waals surface area contributed by atoms with E-state index in [1.807, 2.05) is 24.3 Å². The molecule has 1 aromatic carbocycles. The lowest BCUT2D eigenvalue weighted by Crippen LogP contribution is -2.24. The molecule has 31 heavy (non-hydrogen) atoms. The third-order valence-electron chi connectivity index (χ3n) is 5.25. The molecule has 0 spiro atoms. The second-order valence-electron chi connectivity index (χ2n) is 7.51. The second-order valence-corrected chi connectivity index (χ2v) is 8.34. The number of hydrogen-bond acceptors (Lipinski definition) is 7. The van der Waals surface area contributed by atoms with Gasteiger partial charge in [-0.1, -0.05) is 42.7 Å². The van der Waals surface area contributed by atoms with Crippen LogP contribution in [0.3, 0.4) is 0 Å². The first kappa shape index (κ1) is 20.9. The molecular formula is C22H24N6O2S. The van der Waals surface area contributed by atoms with E-state index in [2.05, 4.69) is 31.1 Å². The summed E-state index contributed by atoms with van der Waals surface area (Å²) in [6, 6.07) is 11.3. The number of pyridine rings is 1. The lowest BCUT2D eigenvalue weighted by molar-refractivity contribution is -0.120. The number of carbonyl (C=O) groups is 2. The summed E-state index contributed by atoms with van der Waals surface area (Å²) in [4.78, 5) is 28.9. The van der Waals surface area contributed by atoms with Gasteiger partial charge in [-0.3, -0.25) is 14.9 Å². The monoisotopic (exact) mass is 436 g/mol. The van der Waals surface area contributed by atoms with E-state index in [-0.39, 0.29) is 17.7 Å². The molecule has 0 aliphatic heterocycles. The van der Waals surface area contributed by atoms with Gasteiger partial charge in [0.05, 0.1) is 5.56 Å². The van der Waals surface area contributed by atoms with E-state index in [0.29, 0.717) is 23.1 Å². The molecule has 2 amide bonds. The largest absolute Gasteiger partial charge is 0.366 e. The first-order chi connectivity index (χ1) is 15.2. The Balaban J connectivity index is 1.30. The van der Waals surface area contributed by atoms with Crippen LogP contribution in [0, 0.1) is 5.92 Å². The fraction of sp³-hybridized carbons (Fsp3) is 0.318. The predicted octanol–water partition coefficient (Wildman–Crippen LogP) is 4.32. The minimum atomic E-state index is -0.280.